The van der Waals surface area contributed by atoms with Gasteiger partial charge in [0.2, 0.25) is 5.91 Å². The molecule has 2 heterocycles. The highest BCUT2D eigenvalue weighted by Gasteiger charge is 2.15. The van der Waals surface area contributed by atoms with Crippen molar-refractivity contribution in [3.63, 3.8) is 0 Å². The number of anilines is 2. The third-order valence-corrected chi connectivity index (χ3v) is 5.43. The lowest BCUT2D eigenvalue weighted by Crippen LogP contribution is -2.15. The predicted octanol–water partition coefficient (Wildman–Crippen LogP) is 4.09. The molecule has 0 saturated heterocycles. The molecule has 0 atom stereocenters. The van der Waals surface area contributed by atoms with Gasteiger partial charge in [0.15, 0.2) is 11.0 Å². The number of amides is 1. The average molecular weight is 473 g/mol. The van der Waals surface area contributed by atoms with E-state index in [2.05, 4.69) is 43.0 Å². The number of nitrogens with one attached hydrogen (secondary N) is 1. The fraction of sp³-hybridized carbons (Fsp3) is 0.200. The van der Waals surface area contributed by atoms with E-state index in [4.69, 9.17) is 0 Å². The van der Waals surface area contributed by atoms with Crippen LogP contribution in [0.25, 0.3) is 11.4 Å². The molecule has 3 rings (SSSR count). The number of nitrogens with zero attached hydrogens (tertiary/aromatic N) is 5. The fourth-order valence-electron chi connectivity index (χ4n) is 2.57. The van der Waals surface area contributed by atoms with Crippen LogP contribution in [0.15, 0.2) is 64.9 Å². The van der Waals surface area contributed by atoms with Crippen LogP contribution < -0.4 is 10.2 Å². The van der Waals surface area contributed by atoms with Crippen molar-refractivity contribution >= 4 is 45.1 Å². The Hall–Kier alpha value is -2.65. The zero-order valence-electron chi connectivity index (χ0n) is 16.2. The first-order valence-electron chi connectivity index (χ1n) is 8.84. The number of allylic oxidation sites excluding steroid dienone is 1. The van der Waals surface area contributed by atoms with E-state index in [1.165, 1.54) is 11.8 Å². The third-order valence-electron chi connectivity index (χ3n) is 4.00. The van der Waals surface area contributed by atoms with E-state index in [-0.39, 0.29) is 11.7 Å². The number of rotatable bonds is 8. The van der Waals surface area contributed by atoms with Gasteiger partial charge >= 0.3 is 0 Å². The van der Waals surface area contributed by atoms with Crippen LogP contribution in [0.5, 0.6) is 0 Å². The minimum atomic E-state index is -0.158. The molecule has 7 nitrogen and oxygen atoms in total. The summed E-state index contributed by atoms with van der Waals surface area (Å²) in [6, 6.07) is 11.7. The molecule has 0 radical (unpaired) electrons. The maximum absolute atomic E-state index is 12.3. The molecule has 0 aliphatic rings. The Morgan fingerprint density at radius 1 is 1.24 bits per heavy atom. The van der Waals surface area contributed by atoms with Gasteiger partial charge in [-0.1, -0.05) is 17.8 Å². The first-order valence-corrected chi connectivity index (χ1v) is 10.6. The zero-order chi connectivity index (χ0) is 20.8. The molecule has 0 fully saturated rings. The summed E-state index contributed by atoms with van der Waals surface area (Å²) >= 11 is 4.65. The second kappa shape index (κ2) is 9.71. The van der Waals surface area contributed by atoms with Crippen molar-refractivity contribution in [1.29, 1.82) is 0 Å². The van der Waals surface area contributed by atoms with E-state index in [0.717, 1.165) is 21.5 Å². The number of halogens is 1. The van der Waals surface area contributed by atoms with Crippen molar-refractivity contribution < 1.29 is 4.79 Å². The monoisotopic (exact) mass is 472 g/mol. The van der Waals surface area contributed by atoms with Crippen LogP contribution in [0, 0.1) is 0 Å². The average Bonchev–Trinajstić information content (AvgIpc) is 3.11. The SMILES string of the molecule is C=CCn1c(SCC(=O)Nc2ccc(Br)cn2)nnc1-c1ccc(N(C)C)cc1. The number of hydrogen-bond acceptors (Lipinski definition) is 6. The van der Waals surface area contributed by atoms with Gasteiger partial charge in [-0.2, -0.15) is 0 Å². The van der Waals surface area contributed by atoms with E-state index in [0.29, 0.717) is 17.5 Å². The van der Waals surface area contributed by atoms with E-state index >= 15 is 0 Å². The molecule has 1 amide bonds. The molecule has 29 heavy (non-hydrogen) atoms. The second-order valence-corrected chi connectivity index (χ2v) is 8.20. The lowest BCUT2D eigenvalue weighted by atomic mass is 10.2. The van der Waals surface area contributed by atoms with Crippen molar-refractivity contribution in [2.24, 2.45) is 0 Å². The minimum absolute atomic E-state index is 0.158. The van der Waals surface area contributed by atoms with E-state index in [1.807, 2.05) is 53.9 Å². The summed E-state index contributed by atoms with van der Waals surface area (Å²) in [6.07, 6.45) is 3.42. The van der Waals surface area contributed by atoms with E-state index < -0.39 is 0 Å². The molecule has 9 heteroatoms. The third kappa shape index (κ3) is 5.45. The summed E-state index contributed by atoms with van der Waals surface area (Å²) in [5, 5.41) is 12.0. The molecule has 0 unspecified atom stereocenters. The molecule has 0 aliphatic heterocycles. The van der Waals surface area contributed by atoms with Gasteiger partial charge in [-0.05, 0) is 52.3 Å². The summed E-state index contributed by atoms with van der Waals surface area (Å²) in [7, 11) is 4.00. The molecular formula is C20H21BrN6OS. The van der Waals surface area contributed by atoms with Crippen molar-refractivity contribution in [3.8, 4) is 11.4 Å². The van der Waals surface area contributed by atoms with Gasteiger partial charge in [0, 0.05) is 42.6 Å². The summed E-state index contributed by atoms with van der Waals surface area (Å²) < 4.78 is 2.81. The maximum Gasteiger partial charge on any atom is 0.236 e. The van der Waals surface area contributed by atoms with Crippen LogP contribution in [-0.4, -0.2) is 45.5 Å². The number of carbonyl (C=O) groups is 1. The van der Waals surface area contributed by atoms with Gasteiger partial charge in [0.1, 0.15) is 5.82 Å². The Labute approximate surface area is 182 Å². The van der Waals surface area contributed by atoms with E-state index in [1.54, 1.807) is 18.3 Å². The van der Waals surface area contributed by atoms with E-state index in [9.17, 15) is 4.79 Å². The highest BCUT2D eigenvalue weighted by Crippen LogP contribution is 2.26. The highest BCUT2D eigenvalue weighted by molar-refractivity contribution is 9.10. The zero-order valence-corrected chi connectivity index (χ0v) is 18.6. The number of aromatic nitrogens is 4. The molecule has 1 aromatic carbocycles. The smallest absolute Gasteiger partial charge is 0.236 e. The number of carbonyl (C=O) groups excluding carboxylic acids is 1. The minimum Gasteiger partial charge on any atom is -0.378 e. The quantitative estimate of drug-likeness (QED) is 0.393. The first-order chi connectivity index (χ1) is 14.0. The number of thioether (sulfide) groups is 1. The molecule has 0 aliphatic carbocycles. The lowest BCUT2D eigenvalue weighted by Gasteiger charge is -2.13. The van der Waals surface area contributed by atoms with Crippen LogP contribution in [-0.2, 0) is 11.3 Å². The standard InChI is InChI=1S/C20H21BrN6OS/c1-4-11-27-19(14-5-8-16(9-6-14)26(2)3)24-25-20(27)29-13-18(28)23-17-10-7-15(21)12-22-17/h4-10,12H,1,11,13H2,2-3H3,(H,22,23,28). The first kappa shape index (κ1) is 21.1. The van der Waals surface area contributed by atoms with Crippen molar-refractivity contribution in [2.75, 3.05) is 30.1 Å². The summed E-state index contributed by atoms with van der Waals surface area (Å²) in [5.74, 6) is 1.29. The lowest BCUT2D eigenvalue weighted by molar-refractivity contribution is -0.113. The fourth-order valence-corrected chi connectivity index (χ4v) is 3.55. The Balaban J connectivity index is 1.71. The van der Waals surface area contributed by atoms with Crippen LogP contribution in [0.1, 0.15) is 0 Å². The number of pyridine rings is 1. The Morgan fingerprint density at radius 2 is 2.00 bits per heavy atom. The molecule has 2 aromatic heterocycles. The topological polar surface area (TPSA) is 75.9 Å². The van der Waals surface area contributed by atoms with Crippen LogP contribution in [0.2, 0.25) is 0 Å². The summed E-state index contributed by atoms with van der Waals surface area (Å²) in [6.45, 7) is 4.37. The summed E-state index contributed by atoms with van der Waals surface area (Å²) in [4.78, 5) is 18.4. The highest BCUT2D eigenvalue weighted by atomic mass is 79.9. The van der Waals surface area contributed by atoms with Gasteiger partial charge in [-0.15, -0.1) is 16.8 Å². The number of benzene rings is 1. The van der Waals surface area contributed by atoms with Gasteiger partial charge < -0.3 is 10.2 Å². The maximum atomic E-state index is 12.3. The van der Waals surface area contributed by atoms with Crippen LogP contribution in [0.3, 0.4) is 0 Å². The summed E-state index contributed by atoms with van der Waals surface area (Å²) in [5.41, 5.74) is 2.07. The normalized spacial score (nSPS) is 10.6. The molecule has 3 aromatic rings. The molecule has 0 bridgehead atoms. The number of hydrogen-bond donors (Lipinski definition) is 1. The van der Waals surface area contributed by atoms with Crippen molar-refractivity contribution in [2.45, 2.75) is 11.7 Å². The van der Waals surface area contributed by atoms with Gasteiger partial charge in [0.25, 0.3) is 0 Å². The second-order valence-electron chi connectivity index (χ2n) is 6.35. The molecule has 0 saturated carbocycles. The molecule has 150 valence electrons. The largest absolute Gasteiger partial charge is 0.378 e. The Morgan fingerprint density at radius 3 is 2.62 bits per heavy atom. The molecular weight excluding hydrogens is 452 g/mol. The van der Waals surface area contributed by atoms with Crippen LogP contribution >= 0.6 is 27.7 Å². The Bertz CT molecular complexity index is 985. The Kier molecular flexibility index (Phi) is 7.05. The molecule has 0 spiro atoms. The van der Waals surface area contributed by atoms with Gasteiger partial charge in [0.05, 0.1) is 5.75 Å². The van der Waals surface area contributed by atoms with Gasteiger partial charge in [-0.3, -0.25) is 9.36 Å². The van der Waals surface area contributed by atoms with Crippen LogP contribution in [0.4, 0.5) is 11.5 Å². The predicted molar refractivity (Wildman–Crippen MR) is 121 cm³/mol. The van der Waals surface area contributed by atoms with Crippen molar-refractivity contribution in [3.05, 3.63) is 59.7 Å². The molecule has 1 N–H and O–H groups in total. The van der Waals surface area contributed by atoms with Gasteiger partial charge in [-0.25, -0.2) is 4.98 Å². The van der Waals surface area contributed by atoms with Crippen molar-refractivity contribution in [1.82, 2.24) is 19.7 Å².